The van der Waals surface area contributed by atoms with E-state index in [0.717, 1.165) is 10.7 Å². The van der Waals surface area contributed by atoms with Gasteiger partial charge in [-0.1, -0.05) is 26.0 Å². The second kappa shape index (κ2) is 5.59. The van der Waals surface area contributed by atoms with Crippen molar-refractivity contribution in [3.8, 4) is 0 Å². The fourth-order valence-corrected chi connectivity index (χ4v) is 1.74. The van der Waals surface area contributed by atoms with Crippen LogP contribution in [0.3, 0.4) is 0 Å². The van der Waals surface area contributed by atoms with Gasteiger partial charge in [-0.15, -0.1) is 5.10 Å². The van der Waals surface area contributed by atoms with Crippen LogP contribution in [0.25, 0.3) is 10.9 Å². The highest BCUT2D eigenvalue weighted by Gasteiger charge is 2.20. The summed E-state index contributed by atoms with van der Waals surface area (Å²) in [6, 6.07) is 3.77. The molecule has 2 aromatic rings. The SMILES string of the molecule is CC(C)(C)C(=O)NCCn1nnc2ccc(F)cc2c1=O. The smallest absolute Gasteiger partial charge is 0.277 e. The molecule has 0 aliphatic heterocycles. The van der Waals surface area contributed by atoms with Gasteiger partial charge >= 0.3 is 0 Å². The van der Waals surface area contributed by atoms with E-state index in [9.17, 15) is 14.0 Å². The second-order valence-electron chi connectivity index (χ2n) is 5.79. The number of rotatable bonds is 3. The van der Waals surface area contributed by atoms with Crippen molar-refractivity contribution < 1.29 is 9.18 Å². The molecule has 1 N–H and O–H groups in total. The van der Waals surface area contributed by atoms with E-state index >= 15 is 0 Å². The molecule has 21 heavy (non-hydrogen) atoms. The molecule has 0 saturated heterocycles. The Balaban J connectivity index is 2.15. The van der Waals surface area contributed by atoms with Crippen molar-refractivity contribution in [1.29, 1.82) is 0 Å². The van der Waals surface area contributed by atoms with Crippen molar-refractivity contribution in [1.82, 2.24) is 20.3 Å². The van der Waals surface area contributed by atoms with Crippen molar-refractivity contribution in [2.75, 3.05) is 6.54 Å². The average molecular weight is 292 g/mol. The van der Waals surface area contributed by atoms with Crippen LogP contribution in [0.1, 0.15) is 20.8 Å². The molecule has 0 saturated carbocycles. The summed E-state index contributed by atoms with van der Waals surface area (Å²) in [4.78, 5) is 23.8. The number of amides is 1. The molecule has 0 aliphatic carbocycles. The first kappa shape index (κ1) is 15.1. The standard InChI is InChI=1S/C14H17FN4O2/c1-14(2,3)13(21)16-6-7-19-12(20)10-8-9(15)4-5-11(10)17-18-19/h4-5,8H,6-7H2,1-3H3,(H,16,21). The zero-order valence-corrected chi connectivity index (χ0v) is 12.2. The highest BCUT2D eigenvalue weighted by Crippen LogP contribution is 2.12. The number of benzene rings is 1. The van der Waals surface area contributed by atoms with Gasteiger partial charge in [0.25, 0.3) is 5.56 Å². The Morgan fingerprint density at radius 3 is 2.76 bits per heavy atom. The summed E-state index contributed by atoms with van der Waals surface area (Å²) in [5.74, 6) is -0.615. The second-order valence-corrected chi connectivity index (χ2v) is 5.79. The van der Waals surface area contributed by atoms with Gasteiger partial charge in [-0.3, -0.25) is 9.59 Å². The van der Waals surface area contributed by atoms with Crippen LogP contribution in [0.5, 0.6) is 0 Å². The van der Waals surface area contributed by atoms with Gasteiger partial charge in [0.1, 0.15) is 11.3 Å². The predicted molar refractivity (Wildman–Crippen MR) is 76.2 cm³/mol. The largest absolute Gasteiger partial charge is 0.354 e. The van der Waals surface area contributed by atoms with Crippen LogP contribution in [-0.2, 0) is 11.3 Å². The summed E-state index contributed by atoms with van der Waals surface area (Å²) in [6.45, 7) is 5.83. The van der Waals surface area contributed by atoms with E-state index in [2.05, 4.69) is 15.6 Å². The summed E-state index contributed by atoms with van der Waals surface area (Å²) in [5.41, 5.74) is -0.579. The third-order valence-electron chi connectivity index (χ3n) is 2.97. The molecule has 6 nitrogen and oxygen atoms in total. The van der Waals surface area contributed by atoms with Gasteiger partial charge in [0.15, 0.2) is 0 Å². The summed E-state index contributed by atoms with van der Waals surface area (Å²) in [7, 11) is 0. The molecular weight excluding hydrogens is 275 g/mol. The molecule has 2 rings (SSSR count). The average Bonchev–Trinajstić information content (AvgIpc) is 2.40. The molecule has 1 aromatic carbocycles. The van der Waals surface area contributed by atoms with Gasteiger partial charge in [-0.05, 0) is 18.2 Å². The van der Waals surface area contributed by atoms with E-state index < -0.39 is 16.8 Å². The first-order valence-corrected chi connectivity index (χ1v) is 6.60. The molecule has 7 heteroatoms. The van der Waals surface area contributed by atoms with Gasteiger partial charge < -0.3 is 5.32 Å². The zero-order valence-electron chi connectivity index (χ0n) is 12.2. The Bertz CT molecular complexity index is 734. The molecule has 0 aliphatic rings. The van der Waals surface area contributed by atoms with Crippen LogP contribution in [0, 0.1) is 11.2 Å². The number of hydrogen-bond acceptors (Lipinski definition) is 4. The summed E-state index contributed by atoms with van der Waals surface area (Å²) in [6.07, 6.45) is 0. The first-order chi connectivity index (χ1) is 9.79. The molecule has 1 amide bonds. The Morgan fingerprint density at radius 1 is 1.38 bits per heavy atom. The minimum absolute atomic E-state index is 0.115. The van der Waals surface area contributed by atoms with E-state index in [0.29, 0.717) is 5.52 Å². The summed E-state index contributed by atoms with van der Waals surface area (Å²) < 4.78 is 14.3. The quantitative estimate of drug-likeness (QED) is 0.918. The fraction of sp³-hybridized carbons (Fsp3) is 0.429. The number of carbonyl (C=O) groups excluding carboxylic acids is 1. The Morgan fingerprint density at radius 2 is 2.10 bits per heavy atom. The lowest BCUT2D eigenvalue weighted by Crippen LogP contribution is -2.38. The molecule has 1 aromatic heterocycles. The minimum Gasteiger partial charge on any atom is -0.354 e. The molecule has 0 atom stereocenters. The van der Waals surface area contributed by atoms with Crippen molar-refractivity contribution in [2.24, 2.45) is 5.41 Å². The first-order valence-electron chi connectivity index (χ1n) is 6.60. The van der Waals surface area contributed by atoms with Crippen molar-refractivity contribution in [3.05, 3.63) is 34.4 Å². The Kier molecular flexibility index (Phi) is 4.02. The molecule has 0 radical (unpaired) electrons. The van der Waals surface area contributed by atoms with Crippen LogP contribution < -0.4 is 10.9 Å². The number of fused-ring (bicyclic) bond motifs is 1. The number of halogens is 1. The normalized spacial score (nSPS) is 11.6. The topological polar surface area (TPSA) is 76.9 Å². The maximum Gasteiger partial charge on any atom is 0.277 e. The molecule has 0 fully saturated rings. The molecule has 1 heterocycles. The highest BCUT2D eigenvalue weighted by atomic mass is 19.1. The highest BCUT2D eigenvalue weighted by molar-refractivity contribution is 5.81. The van der Waals surface area contributed by atoms with Crippen molar-refractivity contribution in [3.63, 3.8) is 0 Å². The Labute approximate surface area is 121 Å². The number of nitrogens with one attached hydrogen (secondary N) is 1. The maximum absolute atomic E-state index is 13.2. The summed E-state index contributed by atoms with van der Waals surface area (Å²) in [5, 5.41) is 10.5. The lowest BCUT2D eigenvalue weighted by Gasteiger charge is -2.17. The number of aromatic nitrogens is 3. The van der Waals surface area contributed by atoms with Gasteiger partial charge in [-0.2, -0.15) is 0 Å². The maximum atomic E-state index is 13.2. The van der Waals surface area contributed by atoms with Gasteiger partial charge in [0, 0.05) is 12.0 Å². The van der Waals surface area contributed by atoms with E-state index in [-0.39, 0.29) is 24.4 Å². The van der Waals surface area contributed by atoms with Crippen LogP contribution in [-0.4, -0.2) is 27.4 Å². The Hall–Kier alpha value is -2.31. The minimum atomic E-state index is -0.500. The van der Waals surface area contributed by atoms with Crippen molar-refractivity contribution >= 4 is 16.8 Å². The molecule has 0 unspecified atom stereocenters. The third-order valence-corrected chi connectivity index (χ3v) is 2.97. The molecule has 0 bridgehead atoms. The molecule has 0 spiro atoms. The zero-order chi connectivity index (χ0) is 15.6. The van der Waals surface area contributed by atoms with E-state index in [4.69, 9.17) is 0 Å². The summed E-state index contributed by atoms with van der Waals surface area (Å²) >= 11 is 0. The van der Waals surface area contributed by atoms with Gasteiger partial charge in [0.2, 0.25) is 5.91 Å². The lowest BCUT2D eigenvalue weighted by atomic mass is 9.96. The third kappa shape index (κ3) is 3.42. The fourth-order valence-electron chi connectivity index (χ4n) is 1.74. The van der Waals surface area contributed by atoms with Gasteiger partial charge in [0.05, 0.1) is 11.9 Å². The predicted octanol–water partition coefficient (Wildman–Crippen LogP) is 1.09. The van der Waals surface area contributed by atoms with Crippen LogP contribution in [0.4, 0.5) is 4.39 Å². The van der Waals surface area contributed by atoms with E-state index in [1.54, 1.807) is 20.8 Å². The van der Waals surface area contributed by atoms with E-state index in [1.165, 1.54) is 12.1 Å². The number of carbonyl (C=O) groups is 1. The van der Waals surface area contributed by atoms with Crippen LogP contribution in [0.15, 0.2) is 23.0 Å². The van der Waals surface area contributed by atoms with E-state index in [1.807, 2.05) is 0 Å². The number of hydrogen-bond donors (Lipinski definition) is 1. The number of nitrogens with zero attached hydrogens (tertiary/aromatic N) is 3. The van der Waals surface area contributed by atoms with Gasteiger partial charge in [-0.25, -0.2) is 9.07 Å². The molecule has 112 valence electrons. The monoisotopic (exact) mass is 292 g/mol. The lowest BCUT2D eigenvalue weighted by molar-refractivity contribution is -0.128. The molecular formula is C14H17FN4O2. The van der Waals surface area contributed by atoms with Crippen LogP contribution >= 0.6 is 0 Å². The van der Waals surface area contributed by atoms with Crippen molar-refractivity contribution in [2.45, 2.75) is 27.3 Å². The van der Waals surface area contributed by atoms with Crippen LogP contribution in [0.2, 0.25) is 0 Å².